The Hall–Kier alpha value is -2.56. The Morgan fingerprint density at radius 3 is 2.47 bits per heavy atom. The number of rotatable bonds is 2. The first-order valence-electron chi connectivity index (χ1n) is 5.81. The van der Waals surface area contributed by atoms with Gasteiger partial charge in [-0.2, -0.15) is 0 Å². The van der Waals surface area contributed by atoms with Gasteiger partial charge in [0.05, 0.1) is 16.6 Å². The van der Waals surface area contributed by atoms with Crippen molar-refractivity contribution < 1.29 is 14.4 Å². The number of nitrogens with zero attached hydrogens (tertiary/aromatic N) is 1. The summed E-state index contributed by atoms with van der Waals surface area (Å²) < 4.78 is 10.5. The summed E-state index contributed by atoms with van der Waals surface area (Å²) in [6, 6.07) is 10.6. The molecule has 0 saturated carbocycles. The van der Waals surface area contributed by atoms with Crippen LogP contribution in [-0.4, -0.2) is 11.7 Å². The van der Waals surface area contributed by atoms with Crippen LogP contribution in [0.4, 0.5) is 5.69 Å². The van der Waals surface area contributed by atoms with E-state index in [1.807, 2.05) is 31.2 Å². The molecule has 2 aromatic rings. The third kappa shape index (κ3) is 1.89. The van der Waals surface area contributed by atoms with Crippen molar-refractivity contribution in [3.8, 4) is 22.6 Å². The van der Waals surface area contributed by atoms with Crippen molar-refractivity contribution in [3.05, 3.63) is 52.1 Å². The van der Waals surface area contributed by atoms with Crippen LogP contribution < -0.4 is 9.47 Å². The second kappa shape index (κ2) is 4.28. The minimum absolute atomic E-state index is 0.0264. The fourth-order valence-electron chi connectivity index (χ4n) is 2.17. The summed E-state index contributed by atoms with van der Waals surface area (Å²) in [5.74, 6) is 0.966. The molecule has 96 valence electrons. The molecule has 3 rings (SSSR count). The van der Waals surface area contributed by atoms with Gasteiger partial charge in [0.25, 0.3) is 5.69 Å². The van der Waals surface area contributed by atoms with Gasteiger partial charge in [-0.25, -0.2) is 0 Å². The monoisotopic (exact) mass is 257 g/mol. The molecular weight excluding hydrogens is 246 g/mol. The maximum atomic E-state index is 11.2. The molecule has 0 aliphatic carbocycles. The smallest absolute Gasteiger partial charge is 0.281 e. The zero-order valence-corrected chi connectivity index (χ0v) is 10.3. The highest BCUT2D eigenvalue weighted by molar-refractivity contribution is 5.79. The van der Waals surface area contributed by atoms with E-state index in [4.69, 9.17) is 9.47 Å². The zero-order chi connectivity index (χ0) is 13.4. The van der Waals surface area contributed by atoms with E-state index in [1.165, 1.54) is 6.07 Å². The van der Waals surface area contributed by atoms with E-state index in [1.54, 1.807) is 6.07 Å². The molecule has 1 aliphatic rings. The van der Waals surface area contributed by atoms with E-state index in [9.17, 15) is 10.1 Å². The second-order valence-corrected chi connectivity index (χ2v) is 4.29. The molecule has 2 aromatic carbocycles. The Balaban J connectivity index is 2.25. The van der Waals surface area contributed by atoms with E-state index in [2.05, 4.69) is 0 Å². The molecule has 0 atom stereocenters. The number of aryl methyl sites for hydroxylation is 1. The zero-order valence-electron chi connectivity index (χ0n) is 10.3. The van der Waals surface area contributed by atoms with E-state index in [0.717, 1.165) is 11.1 Å². The number of nitro benzene ring substituents is 1. The Labute approximate surface area is 109 Å². The Kier molecular flexibility index (Phi) is 2.59. The van der Waals surface area contributed by atoms with E-state index >= 15 is 0 Å². The summed E-state index contributed by atoms with van der Waals surface area (Å²) in [4.78, 5) is 10.8. The van der Waals surface area contributed by atoms with Gasteiger partial charge in [-0.3, -0.25) is 10.1 Å². The lowest BCUT2D eigenvalue weighted by molar-refractivity contribution is -0.384. The molecule has 0 bridgehead atoms. The van der Waals surface area contributed by atoms with Gasteiger partial charge < -0.3 is 9.47 Å². The van der Waals surface area contributed by atoms with Crippen molar-refractivity contribution in [2.75, 3.05) is 6.79 Å². The highest BCUT2D eigenvalue weighted by Crippen LogP contribution is 2.42. The number of benzene rings is 2. The molecule has 0 spiro atoms. The van der Waals surface area contributed by atoms with Crippen LogP contribution in [0.25, 0.3) is 11.1 Å². The molecule has 1 heterocycles. The van der Waals surface area contributed by atoms with Crippen LogP contribution in [0.15, 0.2) is 36.4 Å². The fourth-order valence-corrected chi connectivity index (χ4v) is 2.17. The van der Waals surface area contributed by atoms with E-state index in [0.29, 0.717) is 17.1 Å². The third-order valence-corrected chi connectivity index (χ3v) is 3.12. The van der Waals surface area contributed by atoms with Crippen LogP contribution in [0.1, 0.15) is 5.56 Å². The topological polar surface area (TPSA) is 61.6 Å². The van der Waals surface area contributed by atoms with Crippen molar-refractivity contribution >= 4 is 5.69 Å². The molecular formula is C14H11NO4. The van der Waals surface area contributed by atoms with E-state index < -0.39 is 4.92 Å². The number of ether oxygens (including phenoxy) is 2. The van der Waals surface area contributed by atoms with Gasteiger partial charge in [-0.1, -0.05) is 24.3 Å². The molecule has 0 aromatic heterocycles. The largest absolute Gasteiger partial charge is 0.454 e. The van der Waals surface area contributed by atoms with Gasteiger partial charge in [0.2, 0.25) is 6.79 Å². The Morgan fingerprint density at radius 1 is 1.11 bits per heavy atom. The average Bonchev–Trinajstić information content (AvgIpc) is 2.85. The van der Waals surface area contributed by atoms with Crippen molar-refractivity contribution in [1.29, 1.82) is 0 Å². The normalized spacial score (nSPS) is 12.5. The first-order chi connectivity index (χ1) is 9.16. The number of fused-ring (bicyclic) bond motifs is 1. The van der Waals surface area contributed by atoms with Crippen LogP contribution in [0.2, 0.25) is 0 Å². The SMILES string of the molecule is Cc1ccccc1-c1cc2c(cc1[N+](=O)[O-])OCO2. The predicted octanol–water partition coefficient (Wildman–Crippen LogP) is 3.30. The summed E-state index contributed by atoms with van der Waals surface area (Å²) in [5.41, 5.74) is 2.38. The van der Waals surface area contributed by atoms with Crippen molar-refractivity contribution in [2.45, 2.75) is 6.92 Å². The molecule has 0 unspecified atom stereocenters. The van der Waals surface area contributed by atoms with Crippen molar-refractivity contribution in [2.24, 2.45) is 0 Å². The van der Waals surface area contributed by atoms with Crippen molar-refractivity contribution in [3.63, 3.8) is 0 Å². The molecule has 5 heteroatoms. The highest BCUT2D eigenvalue weighted by Gasteiger charge is 2.24. The highest BCUT2D eigenvalue weighted by atomic mass is 16.7. The van der Waals surface area contributed by atoms with Gasteiger partial charge in [0, 0.05) is 0 Å². The van der Waals surface area contributed by atoms with Gasteiger partial charge in [-0.05, 0) is 24.1 Å². The summed E-state index contributed by atoms with van der Waals surface area (Å²) in [5, 5.41) is 11.2. The maximum absolute atomic E-state index is 11.2. The van der Waals surface area contributed by atoms with Gasteiger partial charge in [-0.15, -0.1) is 0 Å². The van der Waals surface area contributed by atoms with E-state index in [-0.39, 0.29) is 12.5 Å². The maximum Gasteiger partial charge on any atom is 0.281 e. The fraction of sp³-hybridized carbons (Fsp3) is 0.143. The predicted molar refractivity (Wildman–Crippen MR) is 69.4 cm³/mol. The molecule has 0 amide bonds. The summed E-state index contributed by atoms with van der Waals surface area (Å²) in [6.45, 7) is 2.02. The molecule has 19 heavy (non-hydrogen) atoms. The second-order valence-electron chi connectivity index (χ2n) is 4.29. The van der Waals surface area contributed by atoms with Crippen LogP contribution in [0, 0.1) is 17.0 Å². The van der Waals surface area contributed by atoms with Crippen LogP contribution in [0.3, 0.4) is 0 Å². The molecule has 0 radical (unpaired) electrons. The Bertz CT molecular complexity index is 666. The van der Waals surface area contributed by atoms with Crippen LogP contribution in [0.5, 0.6) is 11.5 Å². The molecule has 0 fully saturated rings. The minimum Gasteiger partial charge on any atom is -0.454 e. The van der Waals surface area contributed by atoms with Crippen molar-refractivity contribution in [1.82, 2.24) is 0 Å². The number of hydrogen-bond donors (Lipinski definition) is 0. The summed E-state index contributed by atoms with van der Waals surface area (Å²) in [7, 11) is 0. The quantitative estimate of drug-likeness (QED) is 0.611. The average molecular weight is 257 g/mol. The standard InChI is InChI=1S/C14H11NO4/c1-9-4-2-3-5-10(9)11-6-13-14(19-8-18-13)7-12(11)15(16)17/h2-7H,8H2,1H3. The minimum atomic E-state index is -0.399. The lowest BCUT2D eigenvalue weighted by Gasteiger charge is -2.07. The molecule has 0 N–H and O–H groups in total. The Morgan fingerprint density at radius 2 is 1.79 bits per heavy atom. The lowest BCUT2D eigenvalue weighted by atomic mass is 9.98. The third-order valence-electron chi connectivity index (χ3n) is 3.12. The van der Waals surface area contributed by atoms with Gasteiger partial charge >= 0.3 is 0 Å². The summed E-state index contributed by atoms with van der Waals surface area (Å²) in [6.07, 6.45) is 0. The van der Waals surface area contributed by atoms with Gasteiger partial charge in [0.15, 0.2) is 11.5 Å². The number of hydrogen-bond acceptors (Lipinski definition) is 4. The lowest BCUT2D eigenvalue weighted by Crippen LogP contribution is -1.93. The summed E-state index contributed by atoms with van der Waals surface area (Å²) >= 11 is 0. The van der Waals surface area contributed by atoms with Crippen LogP contribution in [-0.2, 0) is 0 Å². The molecule has 0 saturated heterocycles. The van der Waals surface area contributed by atoms with Crippen LogP contribution >= 0.6 is 0 Å². The van der Waals surface area contributed by atoms with Gasteiger partial charge in [0.1, 0.15) is 0 Å². The number of nitro groups is 1. The first kappa shape index (κ1) is 11.5. The molecule has 5 nitrogen and oxygen atoms in total. The molecule has 1 aliphatic heterocycles. The first-order valence-corrected chi connectivity index (χ1v) is 5.81.